The standard InChI is InChI=1S/C12H12Cl2N2O/c1-2-16-11(10(14)7-15-16)12(17)8-3-5-9(13)6-4-8/h3-7,12,17H,2H2,1H3. The minimum atomic E-state index is -0.790. The van der Waals surface area contributed by atoms with Gasteiger partial charge in [0.2, 0.25) is 0 Å². The predicted octanol–water partition coefficient (Wildman–Crippen LogP) is 3.29. The molecule has 1 heterocycles. The van der Waals surface area contributed by atoms with Gasteiger partial charge in [-0.15, -0.1) is 0 Å². The molecule has 0 amide bonds. The number of nitrogens with zero attached hydrogens (tertiary/aromatic N) is 2. The molecule has 1 N–H and O–H groups in total. The zero-order valence-electron chi connectivity index (χ0n) is 9.27. The van der Waals surface area contributed by atoms with E-state index in [0.717, 1.165) is 5.56 Å². The number of aryl methyl sites for hydroxylation is 1. The van der Waals surface area contributed by atoms with E-state index in [9.17, 15) is 5.11 Å². The Labute approximate surface area is 110 Å². The summed E-state index contributed by atoms with van der Waals surface area (Å²) in [6, 6.07) is 7.02. The van der Waals surface area contributed by atoms with Gasteiger partial charge in [-0.3, -0.25) is 4.68 Å². The number of aliphatic hydroxyl groups excluding tert-OH is 1. The lowest BCUT2D eigenvalue weighted by Crippen LogP contribution is -2.09. The maximum atomic E-state index is 10.3. The fourth-order valence-corrected chi connectivity index (χ4v) is 2.07. The van der Waals surface area contributed by atoms with Crippen LogP contribution in [0.2, 0.25) is 10.0 Å². The lowest BCUT2D eigenvalue weighted by molar-refractivity contribution is 0.208. The highest BCUT2D eigenvalue weighted by molar-refractivity contribution is 6.31. The molecule has 17 heavy (non-hydrogen) atoms. The van der Waals surface area contributed by atoms with E-state index >= 15 is 0 Å². The molecule has 3 nitrogen and oxygen atoms in total. The molecular formula is C12H12Cl2N2O. The average Bonchev–Trinajstić information content (AvgIpc) is 2.70. The van der Waals surface area contributed by atoms with E-state index in [-0.39, 0.29) is 0 Å². The van der Waals surface area contributed by atoms with Crippen LogP contribution in [0.3, 0.4) is 0 Å². The quantitative estimate of drug-likeness (QED) is 0.930. The van der Waals surface area contributed by atoms with E-state index in [1.807, 2.05) is 6.92 Å². The molecule has 0 spiro atoms. The van der Waals surface area contributed by atoms with Gasteiger partial charge in [-0.1, -0.05) is 35.3 Å². The summed E-state index contributed by atoms with van der Waals surface area (Å²) in [5.74, 6) is 0. The van der Waals surface area contributed by atoms with Crippen molar-refractivity contribution in [2.75, 3.05) is 0 Å². The topological polar surface area (TPSA) is 38.0 Å². The lowest BCUT2D eigenvalue weighted by atomic mass is 10.1. The molecule has 0 aliphatic carbocycles. The number of aliphatic hydroxyl groups is 1. The van der Waals surface area contributed by atoms with Gasteiger partial charge in [0.05, 0.1) is 16.9 Å². The van der Waals surface area contributed by atoms with Crippen LogP contribution in [0.1, 0.15) is 24.3 Å². The second-order valence-corrected chi connectivity index (χ2v) is 4.49. The van der Waals surface area contributed by atoms with Crippen molar-refractivity contribution in [1.29, 1.82) is 0 Å². The normalized spacial score (nSPS) is 12.7. The van der Waals surface area contributed by atoms with E-state index < -0.39 is 6.10 Å². The molecule has 90 valence electrons. The number of hydrogen-bond donors (Lipinski definition) is 1. The van der Waals surface area contributed by atoms with E-state index in [1.165, 1.54) is 0 Å². The molecule has 1 aromatic carbocycles. The van der Waals surface area contributed by atoms with Crippen molar-refractivity contribution in [3.63, 3.8) is 0 Å². The maximum Gasteiger partial charge on any atom is 0.122 e. The molecule has 5 heteroatoms. The van der Waals surface area contributed by atoms with Gasteiger partial charge in [-0.25, -0.2) is 0 Å². The highest BCUT2D eigenvalue weighted by atomic mass is 35.5. The lowest BCUT2D eigenvalue weighted by Gasteiger charge is -2.13. The zero-order chi connectivity index (χ0) is 12.4. The Morgan fingerprint density at radius 1 is 1.29 bits per heavy atom. The summed E-state index contributed by atoms with van der Waals surface area (Å²) in [7, 11) is 0. The summed E-state index contributed by atoms with van der Waals surface area (Å²) in [4.78, 5) is 0. The molecule has 0 saturated heterocycles. The minimum absolute atomic E-state index is 0.467. The van der Waals surface area contributed by atoms with Gasteiger partial charge in [-0.05, 0) is 24.6 Å². The molecule has 0 fully saturated rings. The van der Waals surface area contributed by atoms with Gasteiger partial charge in [0.15, 0.2) is 0 Å². The van der Waals surface area contributed by atoms with Crippen LogP contribution in [-0.4, -0.2) is 14.9 Å². The van der Waals surface area contributed by atoms with Crippen molar-refractivity contribution >= 4 is 23.2 Å². The Hall–Kier alpha value is -1.03. The van der Waals surface area contributed by atoms with Gasteiger partial charge >= 0.3 is 0 Å². The number of halogens is 2. The van der Waals surface area contributed by atoms with Gasteiger partial charge in [0, 0.05) is 11.6 Å². The third-order valence-corrected chi connectivity index (χ3v) is 3.12. The molecule has 0 bridgehead atoms. The Kier molecular flexibility index (Phi) is 3.72. The molecule has 0 radical (unpaired) electrons. The number of rotatable bonds is 3. The number of benzene rings is 1. The summed E-state index contributed by atoms with van der Waals surface area (Å²) >= 11 is 11.8. The summed E-state index contributed by atoms with van der Waals surface area (Å²) < 4.78 is 1.68. The molecular weight excluding hydrogens is 259 g/mol. The third kappa shape index (κ3) is 2.46. The Bertz CT molecular complexity index is 508. The van der Waals surface area contributed by atoms with Gasteiger partial charge in [0.25, 0.3) is 0 Å². The third-order valence-electron chi connectivity index (χ3n) is 2.58. The molecule has 2 aromatic rings. The summed E-state index contributed by atoms with van der Waals surface area (Å²) in [5.41, 5.74) is 1.35. The summed E-state index contributed by atoms with van der Waals surface area (Å²) in [5, 5.41) is 15.5. The number of aromatic nitrogens is 2. The van der Waals surface area contributed by atoms with Crippen molar-refractivity contribution in [3.8, 4) is 0 Å². The first-order chi connectivity index (χ1) is 8.13. The Morgan fingerprint density at radius 3 is 2.53 bits per heavy atom. The fraction of sp³-hybridized carbons (Fsp3) is 0.250. The molecule has 0 aliphatic rings. The maximum absolute atomic E-state index is 10.3. The summed E-state index contributed by atoms with van der Waals surface area (Å²) in [6.07, 6.45) is 0.752. The van der Waals surface area contributed by atoms with Crippen molar-refractivity contribution < 1.29 is 5.11 Å². The first kappa shape index (κ1) is 12.4. The Balaban J connectivity index is 2.39. The van der Waals surface area contributed by atoms with Gasteiger partial charge in [0.1, 0.15) is 6.10 Å². The van der Waals surface area contributed by atoms with E-state index in [4.69, 9.17) is 23.2 Å². The number of hydrogen-bond acceptors (Lipinski definition) is 2. The van der Waals surface area contributed by atoms with Crippen molar-refractivity contribution in [1.82, 2.24) is 9.78 Å². The molecule has 0 aliphatic heterocycles. The first-order valence-electron chi connectivity index (χ1n) is 5.28. The molecule has 1 atom stereocenters. The smallest absolute Gasteiger partial charge is 0.122 e. The SMILES string of the molecule is CCn1ncc(Cl)c1C(O)c1ccc(Cl)cc1. The molecule has 1 unspecified atom stereocenters. The zero-order valence-corrected chi connectivity index (χ0v) is 10.8. The Morgan fingerprint density at radius 2 is 1.94 bits per heavy atom. The summed E-state index contributed by atoms with van der Waals surface area (Å²) in [6.45, 7) is 2.61. The monoisotopic (exact) mass is 270 g/mol. The second-order valence-electron chi connectivity index (χ2n) is 3.65. The van der Waals surface area contributed by atoms with Crippen LogP contribution in [0, 0.1) is 0 Å². The van der Waals surface area contributed by atoms with Crippen molar-refractivity contribution in [2.45, 2.75) is 19.6 Å². The average molecular weight is 271 g/mol. The van der Waals surface area contributed by atoms with Crippen LogP contribution in [0.15, 0.2) is 30.5 Å². The second kappa shape index (κ2) is 5.08. The van der Waals surface area contributed by atoms with Crippen molar-refractivity contribution in [3.05, 3.63) is 51.8 Å². The van der Waals surface area contributed by atoms with Crippen LogP contribution in [-0.2, 0) is 6.54 Å². The van der Waals surface area contributed by atoms with Crippen LogP contribution in [0.4, 0.5) is 0 Å². The van der Waals surface area contributed by atoms with Gasteiger partial charge in [-0.2, -0.15) is 5.10 Å². The first-order valence-corrected chi connectivity index (χ1v) is 6.03. The van der Waals surface area contributed by atoms with Crippen LogP contribution >= 0.6 is 23.2 Å². The largest absolute Gasteiger partial charge is 0.382 e. The van der Waals surface area contributed by atoms with Crippen LogP contribution in [0.25, 0.3) is 0 Å². The fourth-order valence-electron chi connectivity index (χ4n) is 1.70. The molecule has 2 rings (SSSR count). The minimum Gasteiger partial charge on any atom is -0.382 e. The predicted molar refractivity (Wildman–Crippen MR) is 68.4 cm³/mol. The van der Waals surface area contributed by atoms with Gasteiger partial charge < -0.3 is 5.11 Å². The van der Waals surface area contributed by atoms with Crippen LogP contribution < -0.4 is 0 Å². The highest BCUT2D eigenvalue weighted by Crippen LogP contribution is 2.28. The van der Waals surface area contributed by atoms with E-state index in [0.29, 0.717) is 22.3 Å². The highest BCUT2D eigenvalue weighted by Gasteiger charge is 2.19. The van der Waals surface area contributed by atoms with E-state index in [2.05, 4.69) is 5.10 Å². The molecule has 0 saturated carbocycles. The molecule has 1 aromatic heterocycles. The van der Waals surface area contributed by atoms with E-state index in [1.54, 1.807) is 35.1 Å². The van der Waals surface area contributed by atoms with Crippen LogP contribution in [0.5, 0.6) is 0 Å². The van der Waals surface area contributed by atoms with Crippen molar-refractivity contribution in [2.24, 2.45) is 0 Å².